The van der Waals surface area contributed by atoms with E-state index in [9.17, 15) is 23.6 Å². The molecule has 1 aliphatic heterocycles. The number of likely N-dealkylation sites (tertiary alicyclic amines) is 1. The molecule has 2 heterocycles. The second kappa shape index (κ2) is 16.2. The van der Waals surface area contributed by atoms with Crippen LogP contribution in [0, 0.1) is 5.82 Å². The van der Waals surface area contributed by atoms with E-state index in [4.69, 9.17) is 9.47 Å². The van der Waals surface area contributed by atoms with Gasteiger partial charge in [-0.05, 0) is 109 Å². The van der Waals surface area contributed by atoms with Gasteiger partial charge in [0.05, 0.1) is 6.04 Å². The predicted molar refractivity (Wildman–Crippen MR) is 210 cm³/mol. The number of halogens is 1. The van der Waals surface area contributed by atoms with Crippen molar-refractivity contribution in [3.63, 3.8) is 0 Å². The Bertz CT molecular complexity index is 2210. The number of carbonyl (C=O) groups is 4. The monoisotopic (exact) mass is 754 g/mol. The molecule has 2 N–H and O–H groups in total. The molecule has 3 amide bonds. The molecule has 5 aromatic rings. The molecule has 7 rings (SSSR count). The van der Waals surface area contributed by atoms with Crippen molar-refractivity contribution in [2.75, 3.05) is 18.5 Å². The second-order valence-corrected chi connectivity index (χ2v) is 15.1. The number of nitrogens with one attached hydrogen (secondary N) is 2. The summed E-state index contributed by atoms with van der Waals surface area (Å²) < 4.78 is 24.7. The molecule has 10 nitrogen and oxygen atoms in total. The van der Waals surface area contributed by atoms with Crippen molar-refractivity contribution in [1.82, 2.24) is 15.2 Å². The molecular formula is C45H43FN4O6. The number of carbonyl (C=O) groups excluding carboxylic acids is 4. The molecule has 1 saturated heterocycles. The van der Waals surface area contributed by atoms with Crippen molar-refractivity contribution in [2.24, 2.45) is 0 Å². The van der Waals surface area contributed by atoms with Crippen LogP contribution in [0.5, 0.6) is 0 Å². The van der Waals surface area contributed by atoms with Gasteiger partial charge in [0.25, 0.3) is 0 Å². The van der Waals surface area contributed by atoms with Gasteiger partial charge in [0.15, 0.2) is 5.78 Å². The maximum atomic E-state index is 14.3. The van der Waals surface area contributed by atoms with Gasteiger partial charge in [-0.1, -0.05) is 60.7 Å². The Morgan fingerprint density at radius 2 is 1.50 bits per heavy atom. The van der Waals surface area contributed by atoms with Crippen LogP contribution in [-0.2, 0) is 20.7 Å². The van der Waals surface area contributed by atoms with Crippen LogP contribution in [0.3, 0.4) is 0 Å². The standard InChI is InChI=1S/C45H43FN4O6/c1-45(2,3)56-44(54)49-39(42(52)50-22-8-13-40(50)30-24-31(26-47-25-30)41(51)29-16-18-32(46)19-17-29)23-28-14-20-33(21-15-28)48-43(53)55-27-38-36-11-6-4-9-34(36)35-10-5-7-12-37(35)38/h4-7,9-12,14-21,24-26,38-40H,8,13,22-23,27H2,1-3H3,(H,48,53)(H,49,54). The third kappa shape index (κ3) is 8.62. The van der Waals surface area contributed by atoms with Crippen LogP contribution in [0.25, 0.3) is 11.1 Å². The predicted octanol–water partition coefficient (Wildman–Crippen LogP) is 8.61. The first kappa shape index (κ1) is 37.9. The third-order valence-corrected chi connectivity index (χ3v) is 10.0. The highest BCUT2D eigenvalue weighted by Gasteiger charge is 2.36. The van der Waals surface area contributed by atoms with Crippen LogP contribution in [-0.4, -0.2) is 58.6 Å². The van der Waals surface area contributed by atoms with E-state index < -0.39 is 29.6 Å². The highest BCUT2D eigenvalue weighted by atomic mass is 19.1. The normalized spacial score (nSPS) is 15.4. The van der Waals surface area contributed by atoms with E-state index in [1.165, 1.54) is 30.5 Å². The smallest absolute Gasteiger partial charge is 0.411 e. The summed E-state index contributed by atoms with van der Waals surface area (Å²) >= 11 is 0. The summed E-state index contributed by atoms with van der Waals surface area (Å²) in [4.78, 5) is 59.5. The van der Waals surface area contributed by atoms with Crippen LogP contribution < -0.4 is 10.6 Å². The Morgan fingerprint density at radius 3 is 2.16 bits per heavy atom. The average molecular weight is 755 g/mol. The number of fused-ring (bicyclic) bond motifs is 3. The van der Waals surface area contributed by atoms with E-state index in [0.29, 0.717) is 41.8 Å². The SMILES string of the molecule is CC(C)(C)OC(=O)NC(Cc1ccc(NC(=O)OCC2c3ccccc3-c3ccccc32)cc1)C(=O)N1CCCC1c1cncc(C(=O)c2ccc(F)cc2)c1. The zero-order chi connectivity index (χ0) is 39.4. The molecule has 0 saturated carbocycles. The van der Waals surface area contributed by atoms with Crippen LogP contribution in [0.15, 0.2) is 116 Å². The number of nitrogens with zero attached hydrogens (tertiary/aromatic N) is 2. The van der Waals surface area contributed by atoms with E-state index in [1.807, 2.05) is 24.3 Å². The molecule has 4 aromatic carbocycles. The van der Waals surface area contributed by atoms with Gasteiger partial charge < -0.3 is 19.7 Å². The van der Waals surface area contributed by atoms with Crippen molar-refractivity contribution in [2.45, 2.75) is 63.6 Å². The molecule has 56 heavy (non-hydrogen) atoms. The van der Waals surface area contributed by atoms with Crippen LogP contribution in [0.2, 0.25) is 0 Å². The van der Waals surface area contributed by atoms with E-state index in [-0.39, 0.29) is 36.7 Å². The van der Waals surface area contributed by atoms with Gasteiger partial charge in [0.1, 0.15) is 24.1 Å². The molecule has 2 unspecified atom stereocenters. The van der Waals surface area contributed by atoms with Crippen LogP contribution in [0.4, 0.5) is 19.7 Å². The van der Waals surface area contributed by atoms with Gasteiger partial charge in [0, 0.05) is 48.1 Å². The molecule has 1 fully saturated rings. The number of hydrogen-bond donors (Lipinski definition) is 2. The lowest BCUT2D eigenvalue weighted by molar-refractivity contribution is -0.134. The summed E-state index contributed by atoms with van der Waals surface area (Å²) in [5.41, 5.74) is 6.33. The lowest BCUT2D eigenvalue weighted by Gasteiger charge is -2.30. The molecule has 2 aliphatic rings. The van der Waals surface area contributed by atoms with Crippen LogP contribution >= 0.6 is 0 Å². The van der Waals surface area contributed by atoms with Crippen molar-refractivity contribution in [3.8, 4) is 11.1 Å². The first-order chi connectivity index (χ1) is 26.9. The number of rotatable bonds is 10. The Labute approximate surface area is 325 Å². The van der Waals surface area contributed by atoms with E-state index in [1.54, 1.807) is 62.2 Å². The van der Waals surface area contributed by atoms with Gasteiger partial charge in [0.2, 0.25) is 5.91 Å². The van der Waals surface area contributed by atoms with E-state index >= 15 is 0 Å². The number of aromatic nitrogens is 1. The fourth-order valence-corrected chi connectivity index (χ4v) is 7.47. The second-order valence-electron chi connectivity index (χ2n) is 15.1. The molecule has 11 heteroatoms. The minimum atomic E-state index is -0.983. The fraction of sp³-hybridized carbons (Fsp3) is 0.267. The first-order valence-electron chi connectivity index (χ1n) is 18.7. The maximum Gasteiger partial charge on any atom is 0.411 e. The zero-order valence-corrected chi connectivity index (χ0v) is 31.5. The molecule has 1 aromatic heterocycles. The Morgan fingerprint density at radius 1 is 0.839 bits per heavy atom. The average Bonchev–Trinajstić information content (AvgIpc) is 3.80. The number of amides is 3. The molecule has 0 radical (unpaired) electrons. The van der Waals surface area contributed by atoms with Crippen molar-refractivity contribution in [1.29, 1.82) is 0 Å². The van der Waals surface area contributed by atoms with Crippen molar-refractivity contribution in [3.05, 3.63) is 155 Å². The van der Waals surface area contributed by atoms with E-state index in [0.717, 1.165) is 27.8 Å². The summed E-state index contributed by atoms with van der Waals surface area (Å²) in [6.07, 6.45) is 3.27. The molecule has 2 atom stereocenters. The Balaban J connectivity index is 1.03. The topological polar surface area (TPSA) is 127 Å². The van der Waals surface area contributed by atoms with Gasteiger partial charge in [-0.25, -0.2) is 14.0 Å². The first-order valence-corrected chi connectivity index (χ1v) is 18.7. The van der Waals surface area contributed by atoms with Crippen molar-refractivity contribution >= 4 is 29.6 Å². The molecule has 0 bridgehead atoms. The summed E-state index contributed by atoms with van der Waals surface area (Å²) in [5, 5.41) is 5.58. The summed E-state index contributed by atoms with van der Waals surface area (Å²) in [6, 6.07) is 28.9. The highest BCUT2D eigenvalue weighted by Crippen LogP contribution is 2.44. The number of ketones is 1. The number of pyridine rings is 1. The number of alkyl carbamates (subject to hydrolysis) is 1. The van der Waals surface area contributed by atoms with Crippen LogP contribution in [0.1, 0.15) is 83.7 Å². The highest BCUT2D eigenvalue weighted by molar-refractivity contribution is 6.08. The van der Waals surface area contributed by atoms with Crippen molar-refractivity contribution < 1.29 is 33.0 Å². The van der Waals surface area contributed by atoms with Gasteiger partial charge in [-0.15, -0.1) is 0 Å². The summed E-state index contributed by atoms with van der Waals surface area (Å²) in [5.74, 6) is -1.13. The Kier molecular flexibility index (Phi) is 10.9. The quantitative estimate of drug-likeness (QED) is 0.137. The largest absolute Gasteiger partial charge is 0.448 e. The number of hydrogen-bond acceptors (Lipinski definition) is 7. The molecular weight excluding hydrogens is 712 g/mol. The number of benzene rings is 4. The minimum absolute atomic E-state index is 0.0678. The molecule has 0 spiro atoms. The maximum absolute atomic E-state index is 14.3. The molecule has 1 aliphatic carbocycles. The van der Waals surface area contributed by atoms with Gasteiger partial charge >= 0.3 is 12.2 Å². The van der Waals surface area contributed by atoms with Gasteiger partial charge in [-0.3, -0.25) is 19.9 Å². The lowest BCUT2D eigenvalue weighted by atomic mass is 9.98. The van der Waals surface area contributed by atoms with Gasteiger partial charge in [-0.2, -0.15) is 0 Å². The fourth-order valence-electron chi connectivity index (χ4n) is 7.47. The molecule has 286 valence electrons. The summed E-state index contributed by atoms with van der Waals surface area (Å²) in [7, 11) is 0. The number of ether oxygens (including phenoxy) is 2. The lowest BCUT2D eigenvalue weighted by Crippen LogP contribution is -2.50. The minimum Gasteiger partial charge on any atom is -0.448 e. The third-order valence-electron chi connectivity index (χ3n) is 10.0. The summed E-state index contributed by atoms with van der Waals surface area (Å²) in [6.45, 7) is 5.86. The van der Waals surface area contributed by atoms with E-state index in [2.05, 4.69) is 39.9 Å². The Hall–Kier alpha value is -6.36. The number of anilines is 1. The zero-order valence-electron chi connectivity index (χ0n) is 31.5.